The fraction of sp³-hybridized carbons (Fsp3) is 0.133. The first-order valence-corrected chi connectivity index (χ1v) is 13.7. The fourth-order valence-electron chi connectivity index (χ4n) is 4.83. The molecule has 0 spiro atoms. The van der Waals surface area contributed by atoms with Crippen LogP contribution in [0.25, 0.3) is 0 Å². The summed E-state index contributed by atoms with van der Waals surface area (Å²) >= 11 is 0. The predicted molar refractivity (Wildman–Crippen MR) is 150 cm³/mol. The van der Waals surface area contributed by atoms with Crippen molar-refractivity contribution in [3.8, 4) is 0 Å². The first-order chi connectivity index (χ1) is 18.5. The van der Waals surface area contributed by atoms with Crippen LogP contribution in [0, 0.1) is 6.92 Å². The van der Waals surface area contributed by atoms with Gasteiger partial charge >= 0.3 is 0 Å². The number of rotatable bonds is 7. The molecule has 4 aromatic rings. The maximum Gasteiger partial charge on any atom is 0.296 e. The van der Waals surface area contributed by atoms with Crippen molar-refractivity contribution >= 4 is 38.7 Å². The summed E-state index contributed by atoms with van der Waals surface area (Å²) in [7, 11) is -2.75. The second kappa shape index (κ2) is 10.1. The predicted octanol–water partition coefficient (Wildman–Crippen LogP) is 4.97. The summed E-state index contributed by atoms with van der Waals surface area (Å²) in [5.74, 6) is -1.05. The zero-order chi connectivity index (χ0) is 27.9. The van der Waals surface area contributed by atoms with Gasteiger partial charge < -0.3 is 11.1 Å². The minimum Gasteiger partial charge on any atom is -0.397 e. The Hall–Kier alpha value is -4.31. The van der Waals surface area contributed by atoms with Crippen molar-refractivity contribution in [2.24, 2.45) is 0 Å². The van der Waals surface area contributed by atoms with Crippen molar-refractivity contribution in [2.45, 2.75) is 24.9 Å². The lowest BCUT2D eigenvalue weighted by atomic mass is 9.82. The highest BCUT2D eigenvalue weighted by atomic mass is 32.2. The van der Waals surface area contributed by atoms with E-state index in [1.165, 1.54) is 23.3 Å². The first-order valence-electron chi connectivity index (χ1n) is 12.3. The van der Waals surface area contributed by atoms with E-state index in [4.69, 9.17) is 5.73 Å². The molecule has 9 heteroatoms. The van der Waals surface area contributed by atoms with Crippen LogP contribution in [-0.2, 0) is 23.2 Å². The fourth-order valence-corrected chi connectivity index (χ4v) is 5.47. The molecule has 0 radical (unpaired) electrons. The third kappa shape index (κ3) is 5.20. The first kappa shape index (κ1) is 26.3. The lowest BCUT2D eigenvalue weighted by molar-refractivity contribution is 0.0980. The van der Waals surface area contributed by atoms with Gasteiger partial charge in [0.1, 0.15) is 4.90 Å². The van der Waals surface area contributed by atoms with Crippen molar-refractivity contribution in [2.75, 3.05) is 18.1 Å². The Bertz CT molecular complexity index is 1710. The molecule has 8 nitrogen and oxygen atoms in total. The van der Waals surface area contributed by atoms with Crippen molar-refractivity contribution < 1.29 is 22.6 Å². The Labute approximate surface area is 226 Å². The molecule has 5 rings (SSSR count). The molecular formula is C30H27N3O5S. The van der Waals surface area contributed by atoms with Gasteiger partial charge in [-0.3, -0.25) is 19.0 Å². The van der Waals surface area contributed by atoms with Gasteiger partial charge in [-0.15, -0.1) is 0 Å². The number of hydrogen-bond donors (Lipinski definition) is 3. The SMILES string of the molecule is Cc1ccc(CN(C)Cc2ccc(Nc3cc(S(=O)(=O)O)c(N)c4c3C(=O)c3ccccc3C4=O)cc2)cc1. The van der Waals surface area contributed by atoms with Gasteiger partial charge in [0.25, 0.3) is 10.1 Å². The monoisotopic (exact) mass is 541 g/mol. The summed E-state index contributed by atoms with van der Waals surface area (Å²) in [6, 6.07) is 23.2. The minimum absolute atomic E-state index is 0.0366. The Morgan fingerprint density at radius 3 is 1.87 bits per heavy atom. The molecule has 0 bridgehead atoms. The maximum absolute atomic E-state index is 13.5. The molecule has 0 unspecified atom stereocenters. The van der Waals surface area contributed by atoms with Crippen LogP contribution in [0.2, 0.25) is 0 Å². The van der Waals surface area contributed by atoms with Gasteiger partial charge in [0, 0.05) is 29.9 Å². The second-order valence-electron chi connectivity index (χ2n) is 9.74. The highest BCUT2D eigenvalue weighted by molar-refractivity contribution is 7.86. The summed E-state index contributed by atoms with van der Waals surface area (Å²) in [5.41, 5.74) is 9.72. The number of fused-ring (bicyclic) bond motifs is 2. The molecular weight excluding hydrogens is 514 g/mol. The quantitative estimate of drug-likeness (QED) is 0.194. The number of nitrogens with zero attached hydrogens (tertiary/aromatic N) is 1. The number of ketones is 2. The zero-order valence-electron chi connectivity index (χ0n) is 21.4. The van der Waals surface area contributed by atoms with E-state index in [0.717, 1.165) is 18.2 Å². The number of aryl methyl sites for hydroxylation is 1. The molecule has 0 fully saturated rings. The minimum atomic E-state index is -4.78. The molecule has 4 aromatic carbocycles. The van der Waals surface area contributed by atoms with E-state index in [0.29, 0.717) is 12.2 Å². The number of anilines is 3. The van der Waals surface area contributed by atoms with Crippen LogP contribution < -0.4 is 11.1 Å². The Morgan fingerprint density at radius 2 is 1.33 bits per heavy atom. The Kier molecular flexibility index (Phi) is 6.82. The summed E-state index contributed by atoms with van der Waals surface area (Å²) in [4.78, 5) is 28.3. The Balaban J connectivity index is 1.45. The number of hydrogen-bond acceptors (Lipinski definition) is 7. The van der Waals surface area contributed by atoms with Crippen LogP contribution in [0.3, 0.4) is 0 Å². The summed E-state index contributed by atoms with van der Waals surface area (Å²) in [5, 5.41) is 3.06. The summed E-state index contributed by atoms with van der Waals surface area (Å²) in [6.07, 6.45) is 0. The lowest BCUT2D eigenvalue weighted by Crippen LogP contribution is -2.25. The van der Waals surface area contributed by atoms with Crippen LogP contribution >= 0.6 is 0 Å². The molecule has 1 aliphatic carbocycles. The molecule has 0 aliphatic heterocycles. The average Bonchev–Trinajstić information content (AvgIpc) is 2.90. The van der Waals surface area contributed by atoms with Gasteiger partial charge in [-0.2, -0.15) is 8.42 Å². The van der Waals surface area contributed by atoms with Crippen LogP contribution in [-0.4, -0.2) is 36.5 Å². The molecule has 0 saturated carbocycles. The molecule has 0 amide bonds. The third-order valence-electron chi connectivity index (χ3n) is 6.74. The number of carbonyl (C=O) groups excluding carboxylic acids is 2. The van der Waals surface area contributed by atoms with E-state index in [2.05, 4.69) is 41.4 Å². The summed E-state index contributed by atoms with van der Waals surface area (Å²) < 4.78 is 34.1. The van der Waals surface area contributed by atoms with Crippen LogP contribution in [0.4, 0.5) is 17.1 Å². The highest BCUT2D eigenvalue weighted by Crippen LogP contribution is 2.40. The highest BCUT2D eigenvalue weighted by Gasteiger charge is 2.36. The van der Waals surface area contributed by atoms with Gasteiger partial charge in [0.15, 0.2) is 11.6 Å². The van der Waals surface area contributed by atoms with Gasteiger partial charge in [-0.25, -0.2) is 0 Å². The van der Waals surface area contributed by atoms with Crippen molar-refractivity contribution in [1.82, 2.24) is 4.90 Å². The molecule has 198 valence electrons. The van der Waals surface area contributed by atoms with Crippen LogP contribution in [0.15, 0.2) is 83.8 Å². The van der Waals surface area contributed by atoms with Crippen LogP contribution in [0.5, 0.6) is 0 Å². The van der Waals surface area contributed by atoms with Crippen LogP contribution in [0.1, 0.15) is 48.5 Å². The van der Waals surface area contributed by atoms with Crippen molar-refractivity contribution in [1.29, 1.82) is 0 Å². The van der Waals surface area contributed by atoms with Gasteiger partial charge in [0.2, 0.25) is 0 Å². The number of carbonyl (C=O) groups is 2. The number of nitrogens with one attached hydrogen (secondary N) is 1. The van der Waals surface area contributed by atoms with Crippen molar-refractivity contribution in [3.63, 3.8) is 0 Å². The molecule has 0 heterocycles. The largest absolute Gasteiger partial charge is 0.397 e. The summed E-state index contributed by atoms with van der Waals surface area (Å²) in [6.45, 7) is 3.54. The van der Waals surface area contributed by atoms with E-state index >= 15 is 0 Å². The molecule has 4 N–H and O–H groups in total. The van der Waals surface area contributed by atoms with Gasteiger partial charge in [-0.1, -0.05) is 66.2 Å². The lowest BCUT2D eigenvalue weighted by Gasteiger charge is -2.23. The Morgan fingerprint density at radius 1 is 0.821 bits per heavy atom. The molecule has 1 aliphatic rings. The smallest absolute Gasteiger partial charge is 0.296 e. The second-order valence-corrected chi connectivity index (χ2v) is 11.1. The van der Waals surface area contributed by atoms with E-state index in [1.54, 1.807) is 24.3 Å². The third-order valence-corrected chi connectivity index (χ3v) is 7.63. The normalized spacial score (nSPS) is 12.8. The van der Waals surface area contributed by atoms with E-state index in [-0.39, 0.29) is 27.9 Å². The zero-order valence-corrected chi connectivity index (χ0v) is 22.2. The average molecular weight is 542 g/mol. The molecule has 0 atom stereocenters. The number of nitrogen functional groups attached to an aromatic ring is 1. The number of nitrogens with two attached hydrogens (primary N) is 1. The van der Waals surface area contributed by atoms with E-state index in [9.17, 15) is 22.6 Å². The standard InChI is InChI=1S/C30H27N3O5S/c1-18-7-9-19(10-8-18)16-33(2)17-20-11-13-21(14-12-20)32-24-15-25(39(36,37)38)28(31)27-26(24)29(34)22-5-3-4-6-23(22)30(27)35/h3-15,32H,16-17,31H2,1-2H3,(H,36,37,38). The number of benzene rings is 4. The topological polar surface area (TPSA) is 130 Å². The van der Waals surface area contributed by atoms with Gasteiger partial charge in [-0.05, 0) is 43.3 Å². The van der Waals surface area contributed by atoms with E-state index < -0.39 is 32.3 Å². The molecule has 39 heavy (non-hydrogen) atoms. The molecule has 0 aromatic heterocycles. The maximum atomic E-state index is 13.5. The van der Waals surface area contributed by atoms with Crippen molar-refractivity contribution in [3.05, 3.63) is 118 Å². The van der Waals surface area contributed by atoms with E-state index in [1.807, 2.05) is 19.2 Å². The van der Waals surface area contributed by atoms with Gasteiger partial charge in [0.05, 0.1) is 22.5 Å². The molecule has 0 saturated heterocycles.